The van der Waals surface area contributed by atoms with E-state index in [0.29, 0.717) is 36.3 Å². The Morgan fingerprint density at radius 1 is 0.971 bits per heavy atom. The molecule has 4 heterocycles. The van der Waals surface area contributed by atoms with Gasteiger partial charge in [-0.1, -0.05) is 19.3 Å². The third-order valence-electron chi connectivity index (χ3n) is 7.66. The van der Waals surface area contributed by atoms with E-state index in [4.69, 9.17) is 4.98 Å². The molecule has 1 aliphatic carbocycles. The monoisotopic (exact) mass is 478 g/mol. The third kappa shape index (κ3) is 4.11. The van der Waals surface area contributed by atoms with E-state index in [1.165, 1.54) is 43.4 Å². The van der Waals surface area contributed by atoms with Gasteiger partial charge in [0.25, 0.3) is 11.8 Å². The van der Waals surface area contributed by atoms with Crippen LogP contribution in [0.15, 0.2) is 29.1 Å². The van der Waals surface area contributed by atoms with Gasteiger partial charge in [-0.25, -0.2) is 9.97 Å². The second kappa shape index (κ2) is 9.11. The average Bonchev–Trinajstić information content (AvgIpc) is 3.53. The number of H-pyrrole nitrogens is 1. The van der Waals surface area contributed by atoms with Gasteiger partial charge in [0, 0.05) is 62.2 Å². The zero-order valence-corrected chi connectivity index (χ0v) is 20.1. The van der Waals surface area contributed by atoms with Gasteiger partial charge in [0.15, 0.2) is 0 Å². The number of aromatic amines is 1. The van der Waals surface area contributed by atoms with Crippen LogP contribution >= 0.6 is 11.3 Å². The molecule has 1 aromatic carbocycles. The lowest BCUT2D eigenvalue weighted by Crippen LogP contribution is -2.64. The largest absolute Gasteiger partial charge is 0.342 e. The van der Waals surface area contributed by atoms with Crippen molar-refractivity contribution in [2.75, 3.05) is 39.3 Å². The summed E-state index contributed by atoms with van der Waals surface area (Å²) in [5, 5.41) is 1.81. The minimum atomic E-state index is 0.0201. The van der Waals surface area contributed by atoms with Gasteiger partial charge in [0.1, 0.15) is 11.5 Å². The van der Waals surface area contributed by atoms with E-state index >= 15 is 0 Å². The fourth-order valence-corrected chi connectivity index (χ4v) is 6.06. The van der Waals surface area contributed by atoms with Gasteiger partial charge in [0.2, 0.25) is 0 Å². The summed E-state index contributed by atoms with van der Waals surface area (Å²) in [6.07, 6.45) is 6.28. The predicted molar refractivity (Wildman–Crippen MR) is 131 cm³/mol. The summed E-state index contributed by atoms with van der Waals surface area (Å²) in [5.41, 5.74) is 4.86. The Hall–Kier alpha value is -2.78. The summed E-state index contributed by atoms with van der Waals surface area (Å²) in [6, 6.07) is 6.23. The average molecular weight is 479 g/mol. The maximum atomic E-state index is 13.1. The van der Waals surface area contributed by atoms with Gasteiger partial charge in [-0.15, -0.1) is 11.3 Å². The molecular weight excluding hydrogens is 448 g/mol. The van der Waals surface area contributed by atoms with Gasteiger partial charge in [-0.2, -0.15) is 0 Å². The number of imidazole rings is 1. The van der Waals surface area contributed by atoms with Gasteiger partial charge in [-0.3, -0.25) is 14.5 Å². The minimum Gasteiger partial charge on any atom is -0.342 e. The molecule has 3 aromatic rings. The van der Waals surface area contributed by atoms with Crippen molar-refractivity contribution in [2.24, 2.45) is 0 Å². The molecule has 3 fully saturated rings. The van der Waals surface area contributed by atoms with Crippen molar-refractivity contribution in [3.8, 4) is 0 Å². The van der Waals surface area contributed by atoms with Gasteiger partial charge in [0.05, 0.1) is 16.5 Å². The molecule has 8 nitrogen and oxygen atoms in total. The molecule has 6 rings (SSSR count). The Kier molecular flexibility index (Phi) is 5.82. The Morgan fingerprint density at radius 2 is 1.76 bits per heavy atom. The maximum Gasteiger partial charge on any atom is 0.273 e. The molecule has 1 saturated carbocycles. The predicted octanol–water partition coefficient (Wildman–Crippen LogP) is 3.35. The van der Waals surface area contributed by atoms with E-state index in [0.717, 1.165) is 43.0 Å². The zero-order chi connectivity index (χ0) is 23.1. The molecule has 0 bridgehead atoms. The van der Waals surface area contributed by atoms with Crippen molar-refractivity contribution < 1.29 is 9.59 Å². The van der Waals surface area contributed by atoms with Crippen LogP contribution in [0.1, 0.15) is 64.7 Å². The van der Waals surface area contributed by atoms with Crippen molar-refractivity contribution in [1.82, 2.24) is 29.7 Å². The number of amides is 2. The number of likely N-dealkylation sites (tertiary alicyclic amines) is 1. The summed E-state index contributed by atoms with van der Waals surface area (Å²) in [6.45, 7) is 4.58. The number of thiazole rings is 1. The first-order valence-electron chi connectivity index (χ1n) is 12.4. The standard InChI is InChI=1S/C25H30N6O2S/c32-24(18-6-7-20-21(12-18)28-23(27-20)17-4-2-1-3-5-17)31-13-19(14-31)29-8-10-30(11-9-29)25(33)22-15-34-16-26-22/h6-7,12,15-17,19H,1-5,8-11,13-14H2,(H,27,28). The third-order valence-corrected chi connectivity index (χ3v) is 8.25. The molecule has 34 heavy (non-hydrogen) atoms. The quantitative estimate of drug-likeness (QED) is 0.622. The molecule has 3 aliphatic rings. The second-order valence-corrected chi connectivity index (χ2v) is 10.5. The van der Waals surface area contributed by atoms with Crippen LogP contribution in [-0.4, -0.2) is 86.8 Å². The van der Waals surface area contributed by atoms with Crippen LogP contribution in [0.2, 0.25) is 0 Å². The summed E-state index contributed by atoms with van der Waals surface area (Å²) >= 11 is 1.45. The van der Waals surface area contributed by atoms with Gasteiger partial charge >= 0.3 is 0 Å². The van der Waals surface area contributed by atoms with Crippen molar-refractivity contribution in [3.05, 3.63) is 46.2 Å². The zero-order valence-electron chi connectivity index (χ0n) is 19.3. The fourth-order valence-electron chi connectivity index (χ4n) is 5.53. The number of piperazine rings is 1. The Labute approximate surface area is 203 Å². The van der Waals surface area contributed by atoms with E-state index < -0.39 is 0 Å². The number of hydrogen-bond donors (Lipinski definition) is 1. The number of benzene rings is 1. The van der Waals surface area contributed by atoms with Crippen molar-refractivity contribution in [2.45, 2.75) is 44.1 Å². The molecule has 0 radical (unpaired) electrons. The first-order valence-corrected chi connectivity index (χ1v) is 13.3. The molecule has 9 heteroatoms. The normalized spacial score (nSPS) is 20.6. The van der Waals surface area contributed by atoms with Crippen LogP contribution in [0.3, 0.4) is 0 Å². The van der Waals surface area contributed by atoms with Crippen molar-refractivity contribution in [1.29, 1.82) is 0 Å². The summed E-state index contributed by atoms with van der Waals surface area (Å²) in [4.78, 5) is 44.3. The summed E-state index contributed by atoms with van der Waals surface area (Å²) in [7, 11) is 0. The highest BCUT2D eigenvalue weighted by atomic mass is 32.1. The molecule has 1 N–H and O–H groups in total. The van der Waals surface area contributed by atoms with Crippen LogP contribution in [0.5, 0.6) is 0 Å². The van der Waals surface area contributed by atoms with Gasteiger partial charge in [-0.05, 0) is 31.0 Å². The highest BCUT2D eigenvalue weighted by Gasteiger charge is 2.37. The molecular formula is C25H30N6O2S. The summed E-state index contributed by atoms with van der Waals surface area (Å²) < 4.78 is 0. The molecule has 2 saturated heterocycles. The van der Waals surface area contributed by atoms with Crippen molar-refractivity contribution in [3.63, 3.8) is 0 Å². The number of rotatable bonds is 4. The van der Waals surface area contributed by atoms with Crippen LogP contribution in [0.4, 0.5) is 0 Å². The number of carbonyl (C=O) groups is 2. The van der Waals surface area contributed by atoms with E-state index in [1.54, 1.807) is 10.9 Å². The second-order valence-electron chi connectivity index (χ2n) is 9.75. The lowest BCUT2D eigenvalue weighted by atomic mass is 9.89. The molecule has 0 atom stereocenters. The fraction of sp³-hybridized carbons (Fsp3) is 0.520. The number of fused-ring (bicyclic) bond motifs is 1. The Bertz CT molecular complexity index is 1170. The molecule has 0 unspecified atom stereocenters. The smallest absolute Gasteiger partial charge is 0.273 e. The Balaban J connectivity index is 1.03. The number of carbonyl (C=O) groups excluding carboxylic acids is 2. The SMILES string of the molecule is O=C(c1ccc2[nH]c(C3CCCCC3)nc2c1)N1CC(N2CCN(C(=O)c3cscn3)CC2)C1. The van der Waals surface area contributed by atoms with Gasteiger partial charge < -0.3 is 14.8 Å². The topological polar surface area (TPSA) is 85.4 Å². The molecule has 0 spiro atoms. The first kappa shape index (κ1) is 21.7. The minimum absolute atomic E-state index is 0.0201. The molecule has 178 valence electrons. The van der Waals surface area contributed by atoms with E-state index in [-0.39, 0.29) is 11.8 Å². The van der Waals surface area contributed by atoms with Crippen LogP contribution in [-0.2, 0) is 0 Å². The molecule has 2 amide bonds. The lowest BCUT2D eigenvalue weighted by Gasteiger charge is -2.48. The van der Waals surface area contributed by atoms with E-state index in [1.807, 2.05) is 28.0 Å². The molecule has 2 aliphatic heterocycles. The first-order chi connectivity index (χ1) is 16.7. The van der Waals surface area contributed by atoms with Crippen LogP contribution in [0.25, 0.3) is 11.0 Å². The van der Waals surface area contributed by atoms with Crippen molar-refractivity contribution >= 4 is 34.2 Å². The Morgan fingerprint density at radius 3 is 2.50 bits per heavy atom. The number of nitrogens with zero attached hydrogens (tertiary/aromatic N) is 5. The maximum absolute atomic E-state index is 13.1. The number of hydrogen-bond acceptors (Lipinski definition) is 6. The highest BCUT2D eigenvalue weighted by molar-refractivity contribution is 7.07. The molecule has 2 aromatic heterocycles. The lowest BCUT2D eigenvalue weighted by molar-refractivity contribution is 0.00844. The van der Waals surface area contributed by atoms with Crippen LogP contribution in [0, 0.1) is 0 Å². The van der Waals surface area contributed by atoms with E-state index in [9.17, 15) is 9.59 Å². The summed E-state index contributed by atoms with van der Waals surface area (Å²) in [5.74, 6) is 1.70. The van der Waals surface area contributed by atoms with Crippen LogP contribution < -0.4 is 0 Å². The van der Waals surface area contributed by atoms with E-state index in [2.05, 4.69) is 14.9 Å². The highest BCUT2D eigenvalue weighted by Crippen LogP contribution is 2.32. The number of nitrogens with one attached hydrogen (secondary N) is 1. The number of aromatic nitrogens is 3.